The zero-order chi connectivity index (χ0) is 14.0. The molecular weight excluding hydrogens is 368 g/mol. The van der Waals surface area contributed by atoms with Crippen molar-refractivity contribution in [2.24, 2.45) is 5.73 Å². The fourth-order valence-electron chi connectivity index (χ4n) is 1.84. The Morgan fingerprint density at radius 1 is 1.00 bits per heavy atom. The highest BCUT2D eigenvalue weighted by molar-refractivity contribution is 9.10. The molecule has 1 atom stereocenters. The average molecular weight is 380 g/mol. The van der Waals surface area contributed by atoms with Crippen LogP contribution < -0.4 is 5.73 Å². The molecule has 2 rings (SSSR count). The molecule has 0 bridgehead atoms. The van der Waals surface area contributed by atoms with Crippen LogP contribution in [-0.2, 0) is 6.42 Å². The maximum absolute atomic E-state index is 6.19. The molecule has 2 aromatic carbocycles. The standard InChI is InChI=1S/C14H11BrCl3N/c15-9-2-1-8(12(17)6-9)5-14(19)11-4-3-10(16)7-13(11)18/h1-4,6-7,14H,5,19H2. The van der Waals surface area contributed by atoms with Crippen molar-refractivity contribution >= 4 is 50.7 Å². The summed E-state index contributed by atoms with van der Waals surface area (Å²) in [5, 5.41) is 1.87. The van der Waals surface area contributed by atoms with E-state index in [0.29, 0.717) is 21.5 Å². The molecule has 1 unspecified atom stereocenters. The molecule has 0 aromatic heterocycles. The molecule has 0 saturated carbocycles. The van der Waals surface area contributed by atoms with Crippen molar-refractivity contribution in [1.82, 2.24) is 0 Å². The lowest BCUT2D eigenvalue weighted by molar-refractivity contribution is 0.722. The third-order valence-electron chi connectivity index (χ3n) is 2.82. The molecule has 1 nitrogen and oxygen atoms in total. The topological polar surface area (TPSA) is 26.0 Å². The average Bonchev–Trinajstić information content (AvgIpc) is 2.32. The SMILES string of the molecule is NC(Cc1ccc(Br)cc1Cl)c1ccc(Cl)cc1Cl. The number of halogens is 4. The largest absolute Gasteiger partial charge is 0.324 e. The van der Waals surface area contributed by atoms with Crippen LogP contribution in [0.4, 0.5) is 0 Å². The van der Waals surface area contributed by atoms with Crippen molar-refractivity contribution in [3.8, 4) is 0 Å². The van der Waals surface area contributed by atoms with Gasteiger partial charge in [-0.15, -0.1) is 0 Å². The molecule has 100 valence electrons. The van der Waals surface area contributed by atoms with Gasteiger partial charge in [0.25, 0.3) is 0 Å². The third kappa shape index (κ3) is 3.87. The van der Waals surface area contributed by atoms with Gasteiger partial charge in [-0.3, -0.25) is 0 Å². The number of rotatable bonds is 3. The van der Waals surface area contributed by atoms with Crippen LogP contribution in [0.2, 0.25) is 15.1 Å². The zero-order valence-electron chi connectivity index (χ0n) is 9.84. The Morgan fingerprint density at radius 3 is 2.37 bits per heavy atom. The second kappa shape index (κ2) is 6.47. The van der Waals surface area contributed by atoms with Crippen molar-refractivity contribution in [1.29, 1.82) is 0 Å². The van der Waals surface area contributed by atoms with Gasteiger partial charge in [0.1, 0.15) is 0 Å². The van der Waals surface area contributed by atoms with Gasteiger partial charge in [0.2, 0.25) is 0 Å². The van der Waals surface area contributed by atoms with Crippen LogP contribution in [0.25, 0.3) is 0 Å². The van der Waals surface area contributed by atoms with Crippen LogP contribution in [0.1, 0.15) is 17.2 Å². The number of nitrogens with two attached hydrogens (primary N) is 1. The molecule has 0 aliphatic heterocycles. The second-order valence-electron chi connectivity index (χ2n) is 4.21. The van der Waals surface area contributed by atoms with E-state index in [1.807, 2.05) is 24.3 Å². The summed E-state index contributed by atoms with van der Waals surface area (Å²) < 4.78 is 0.944. The summed E-state index contributed by atoms with van der Waals surface area (Å²) in [5.74, 6) is 0. The van der Waals surface area contributed by atoms with Crippen LogP contribution in [0.3, 0.4) is 0 Å². The van der Waals surface area contributed by atoms with E-state index in [1.54, 1.807) is 12.1 Å². The van der Waals surface area contributed by atoms with Gasteiger partial charge >= 0.3 is 0 Å². The number of benzene rings is 2. The predicted molar refractivity (Wildman–Crippen MR) is 86.2 cm³/mol. The van der Waals surface area contributed by atoms with Crippen molar-refractivity contribution in [2.75, 3.05) is 0 Å². The maximum Gasteiger partial charge on any atom is 0.0468 e. The molecule has 0 heterocycles. The first-order chi connectivity index (χ1) is 8.97. The Kier molecular flexibility index (Phi) is 5.15. The molecule has 2 N–H and O–H groups in total. The van der Waals surface area contributed by atoms with E-state index in [9.17, 15) is 0 Å². The van der Waals surface area contributed by atoms with Gasteiger partial charge in [0, 0.05) is 25.6 Å². The highest BCUT2D eigenvalue weighted by Gasteiger charge is 2.13. The minimum atomic E-state index is -0.219. The fraction of sp³-hybridized carbons (Fsp3) is 0.143. The van der Waals surface area contributed by atoms with E-state index in [1.165, 1.54) is 0 Å². The molecule has 0 aliphatic carbocycles. The van der Waals surface area contributed by atoms with E-state index >= 15 is 0 Å². The molecule has 0 saturated heterocycles. The Hall–Kier alpha value is -0.250. The monoisotopic (exact) mass is 377 g/mol. The van der Waals surface area contributed by atoms with Gasteiger partial charge in [0.15, 0.2) is 0 Å². The van der Waals surface area contributed by atoms with Crippen molar-refractivity contribution in [3.05, 3.63) is 67.1 Å². The summed E-state index contributed by atoms with van der Waals surface area (Å²) in [5.41, 5.74) is 8.04. The Balaban J connectivity index is 2.23. The second-order valence-corrected chi connectivity index (χ2v) is 6.38. The predicted octanol–water partition coefficient (Wildman–Crippen LogP) is 5.65. The van der Waals surface area contributed by atoms with Crippen LogP contribution in [0.15, 0.2) is 40.9 Å². The van der Waals surface area contributed by atoms with E-state index < -0.39 is 0 Å². The lowest BCUT2D eigenvalue weighted by atomic mass is 9.99. The van der Waals surface area contributed by atoms with Gasteiger partial charge in [-0.2, -0.15) is 0 Å². The number of hydrogen-bond acceptors (Lipinski definition) is 1. The van der Waals surface area contributed by atoms with E-state index in [2.05, 4.69) is 15.9 Å². The van der Waals surface area contributed by atoms with E-state index in [0.717, 1.165) is 15.6 Å². The van der Waals surface area contributed by atoms with E-state index in [4.69, 9.17) is 40.5 Å². The first-order valence-electron chi connectivity index (χ1n) is 5.62. The zero-order valence-corrected chi connectivity index (χ0v) is 13.7. The van der Waals surface area contributed by atoms with Gasteiger partial charge in [-0.05, 0) is 41.8 Å². The van der Waals surface area contributed by atoms with Crippen LogP contribution in [0.5, 0.6) is 0 Å². The maximum atomic E-state index is 6.19. The first-order valence-corrected chi connectivity index (χ1v) is 7.54. The molecule has 0 fully saturated rings. The minimum Gasteiger partial charge on any atom is -0.324 e. The lowest BCUT2D eigenvalue weighted by Gasteiger charge is -2.15. The molecule has 0 radical (unpaired) electrons. The summed E-state index contributed by atoms with van der Waals surface area (Å²) >= 11 is 21.6. The Labute approximate surface area is 135 Å². The van der Waals surface area contributed by atoms with Gasteiger partial charge in [-0.1, -0.05) is 62.9 Å². The molecule has 0 aliphatic rings. The van der Waals surface area contributed by atoms with Gasteiger partial charge in [-0.25, -0.2) is 0 Å². The number of hydrogen-bond donors (Lipinski definition) is 1. The quantitative estimate of drug-likeness (QED) is 0.732. The van der Waals surface area contributed by atoms with E-state index in [-0.39, 0.29) is 6.04 Å². The summed E-state index contributed by atoms with van der Waals surface area (Å²) in [6.07, 6.45) is 0.619. The highest BCUT2D eigenvalue weighted by atomic mass is 79.9. The highest BCUT2D eigenvalue weighted by Crippen LogP contribution is 2.29. The third-order valence-corrected chi connectivity index (χ3v) is 4.22. The fourth-order valence-corrected chi connectivity index (χ4v) is 3.14. The summed E-state index contributed by atoms with van der Waals surface area (Å²) in [6, 6.07) is 10.9. The van der Waals surface area contributed by atoms with Gasteiger partial charge in [0.05, 0.1) is 0 Å². The normalized spacial score (nSPS) is 12.5. The molecule has 2 aromatic rings. The molecule has 19 heavy (non-hydrogen) atoms. The smallest absolute Gasteiger partial charge is 0.0468 e. The molecule has 0 amide bonds. The Morgan fingerprint density at radius 2 is 1.74 bits per heavy atom. The summed E-state index contributed by atoms with van der Waals surface area (Å²) in [7, 11) is 0. The van der Waals surface area contributed by atoms with Crippen molar-refractivity contribution in [3.63, 3.8) is 0 Å². The lowest BCUT2D eigenvalue weighted by Crippen LogP contribution is -2.14. The van der Waals surface area contributed by atoms with Gasteiger partial charge < -0.3 is 5.73 Å². The molecule has 0 spiro atoms. The van der Waals surface area contributed by atoms with Crippen molar-refractivity contribution < 1.29 is 0 Å². The van der Waals surface area contributed by atoms with Crippen LogP contribution in [0, 0.1) is 0 Å². The minimum absolute atomic E-state index is 0.219. The van der Waals surface area contributed by atoms with Crippen LogP contribution in [-0.4, -0.2) is 0 Å². The molecular formula is C14H11BrCl3N. The van der Waals surface area contributed by atoms with Crippen LogP contribution >= 0.6 is 50.7 Å². The summed E-state index contributed by atoms with van der Waals surface area (Å²) in [6.45, 7) is 0. The molecule has 5 heteroatoms. The van der Waals surface area contributed by atoms with Crippen molar-refractivity contribution in [2.45, 2.75) is 12.5 Å². The Bertz CT molecular complexity index is 601. The summed E-state index contributed by atoms with van der Waals surface area (Å²) in [4.78, 5) is 0. The first kappa shape index (κ1) is 15.1.